The van der Waals surface area contributed by atoms with Crippen molar-refractivity contribution in [2.45, 2.75) is 52.0 Å². The third-order valence-corrected chi connectivity index (χ3v) is 5.87. The molecule has 1 amide bonds. The van der Waals surface area contributed by atoms with E-state index in [2.05, 4.69) is 54.8 Å². The van der Waals surface area contributed by atoms with Crippen molar-refractivity contribution in [2.24, 2.45) is 0 Å². The minimum absolute atomic E-state index is 0.176. The maximum absolute atomic E-state index is 12.7. The lowest BCUT2D eigenvalue weighted by Gasteiger charge is -2.26. The number of anilines is 1. The third kappa shape index (κ3) is 6.07. The van der Waals surface area contributed by atoms with Crippen molar-refractivity contribution < 1.29 is 4.79 Å². The number of hydrogen-bond acceptors (Lipinski definition) is 3. The topological polar surface area (TPSA) is 44.4 Å². The lowest BCUT2D eigenvalue weighted by molar-refractivity contribution is 0.0724. The Kier molecular flexibility index (Phi) is 8.12. The summed E-state index contributed by atoms with van der Waals surface area (Å²) in [6, 6.07) is 16.6. The van der Waals surface area contributed by atoms with Crippen molar-refractivity contribution in [1.29, 1.82) is 0 Å². The average molecular weight is 394 g/mol. The van der Waals surface area contributed by atoms with Crippen molar-refractivity contribution in [1.82, 2.24) is 10.2 Å². The Hall–Kier alpha value is -2.33. The van der Waals surface area contributed by atoms with Gasteiger partial charge in [0.15, 0.2) is 0 Å². The van der Waals surface area contributed by atoms with Gasteiger partial charge in [-0.2, -0.15) is 0 Å². The number of likely N-dealkylation sites (tertiary alicyclic amines) is 1. The maximum Gasteiger partial charge on any atom is 0.253 e. The van der Waals surface area contributed by atoms with E-state index in [9.17, 15) is 4.79 Å². The number of nitrogens with one attached hydrogen (secondary N) is 2. The second-order valence-corrected chi connectivity index (χ2v) is 8.05. The van der Waals surface area contributed by atoms with E-state index in [1.54, 1.807) is 0 Å². The van der Waals surface area contributed by atoms with Crippen LogP contribution in [-0.4, -0.2) is 37.0 Å². The van der Waals surface area contributed by atoms with Crippen LogP contribution in [0, 0.1) is 0 Å². The summed E-state index contributed by atoms with van der Waals surface area (Å²) in [6.45, 7) is 8.81. The van der Waals surface area contributed by atoms with Crippen LogP contribution in [0.15, 0.2) is 48.5 Å². The molecule has 1 aliphatic rings. The molecule has 4 heteroatoms. The standard InChI is InChI=1S/C25H35N3O/c1-3-20(2)23-12-5-6-13-24(23)27-15-14-26-19-21-10-9-11-22(18-21)25(29)28-16-7-4-8-17-28/h5-6,9-13,18,20,26-27H,3-4,7-8,14-17,19H2,1-2H3. The lowest BCUT2D eigenvalue weighted by Crippen LogP contribution is -2.35. The molecule has 29 heavy (non-hydrogen) atoms. The molecule has 2 aromatic carbocycles. The van der Waals surface area contributed by atoms with Crippen molar-refractivity contribution in [2.75, 3.05) is 31.5 Å². The highest BCUT2D eigenvalue weighted by Gasteiger charge is 2.18. The zero-order valence-corrected chi connectivity index (χ0v) is 17.9. The first-order valence-corrected chi connectivity index (χ1v) is 11.1. The number of piperidine rings is 1. The number of rotatable bonds is 9. The van der Waals surface area contributed by atoms with Gasteiger partial charge in [-0.05, 0) is 60.9 Å². The van der Waals surface area contributed by atoms with E-state index in [4.69, 9.17) is 0 Å². The van der Waals surface area contributed by atoms with Crippen LogP contribution in [0.5, 0.6) is 0 Å². The molecule has 1 atom stereocenters. The molecule has 1 fully saturated rings. The van der Waals surface area contributed by atoms with Gasteiger partial charge in [-0.3, -0.25) is 4.79 Å². The van der Waals surface area contributed by atoms with E-state index in [-0.39, 0.29) is 5.91 Å². The van der Waals surface area contributed by atoms with Gasteiger partial charge in [0.25, 0.3) is 5.91 Å². The van der Waals surface area contributed by atoms with Crippen molar-refractivity contribution in [3.8, 4) is 0 Å². The van der Waals surface area contributed by atoms with Crippen LogP contribution in [0.2, 0.25) is 0 Å². The van der Waals surface area contributed by atoms with Crippen LogP contribution < -0.4 is 10.6 Å². The van der Waals surface area contributed by atoms with E-state index >= 15 is 0 Å². The molecule has 0 bridgehead atoms. The summed E-state index contributed by atoms with van der Waals surface area (Å²) < 4.78 is 0. The van der Waals surface area contributed by atoms with E-state index in [1.807, 2.05) is 23.1 Å². The fraction of sp³-hybridized carbons (Fsp3) is 0.480. The van der Waals surface area contributed by atoms with Gasteiger partial charge in [0.05, 0.1) is 0 Å². The number of benzene rings is 2. The molecule has 1 saturated heterocycles. The number of carbonyl (C=O) groups is 1. The molecule has 0 radical (unpaired) electrons. The van der Waals surface area contributed by atoms with E-state index in [0.717, 1.165) is 63.1 Å². The fourth-order valence-corrected chi connectivity index (χ4v) is 3.92. The highest BCUT2D eigenvalue weighted by atomic mass is 16.2. The quantitative estimate of drug-likeness (QED) is 0.588. The Morgan fingerprint density at radius 1 is 1.03 bits per heavy atom. The van der Waals surface area contributed by atoms with Gasteiger partial charge in [0, 0.05) is 44.0 Å². The van der Waals surface area contributed by atoms with Crippen molar-refractivity contribution >= 4 is 11.6 Å². The second-order valence-electron chi connectivity index (χ2n) is 8.05. The Balaban J connectivity index is 1.46. The number of carbonyl (C=O) groups excluding carboxylic acids is 1. The van der Waals surface area contributed by atoms with Crippen molar-refractivity contribution in [3.05, 3.63) is 65.2 Å². The van der Waals surface area contributed by atoms with Crippen LogP contribution in [0.1, 0.15) is 66.9 Å². The van der Waals surface area contributed by atoms with Gasteiger partial charge in [0.2, 0.25) is 0 Å². The smallest absolute Gasteiger partial charge is 0.253 e. The molecule has 0 spiro atoms. The molecular formula is C25H35N3O. The molecule has 1 unspecified atom stereocenters. The average Bonchev–Trinajstić information content (AvgIpc) is 2.79. The van der Waals surface area contributed by atoms with Gasteiger partial charge < -0.3 is 15.5 Å². The molecule has 4 nitrogen and oxygen atoms in total. The molecule has 1 aliphatic heterocycles. The molecule has 2 N–H and O–H groups in total. The van der Waals surface area contributed by atoms with Gasteiger partial charge in [-0.1, -0.05) is 44.2 Å². The number of para-hydroxylation sites is 1. The molecule has 0 aromatic heterocycles. The molecule has 0 aliphatic carbocycles. The van der Waals surface area contributed by atoms with E-state index < -0.39 is 0 Å². The molecule has 0 saturated carbocycles. The van der Waals surface area contributed by atoms with Crippen molar-refractivity contribution in [3.63, 3.8) is 0 Å². The van der Waals surface area contributed by atoms with Crippen LogP contribution >= 0.6 is 0 Å². The predicted octanol–water partition coefficient (Wildman–Crippen LogP) is 5.03. The number of nitrogens with zero attached hydrogens (tertiary/aromatic N) is 1. The van der Waals surface area contributed by atoms with E-state index in [0.29, 0.717) is 5.92 Å². The minimum Gasteiger partial charge on any atom is -0.384 e. The summed E-state index contributed by atoms with van der Waals surface area (Å²) in [5.41, 5.74) is 4.59. The lowest BCUT2D eigenvalue weighted by atomic mass is 9.97. The zero-order chi connectivity index (χ0) is 20.5. The molecule has 1 heterocycles. The minimum atomic E-state index is 0.176. The maximum atomic E-state index is 12.7. The summed E-state index contributed by atoms with van der Waals surface area (Å²) >= 11 is 0. The Labute approximate surface area is 175 Å². The fourth-order valence-electron chi connectivity index (χ4n) is 3.92. The number of hydrogen-bond donors (Lipinski definition) is 2. The summed E-state index contributed by atoms with van der Waals surface area (Å²) in [7, 11) is 0. The van der Waals surface area contributed by atoms with Crippen LogP contribution in [0.3, 0.4) is 0 Å². The van der Waals surface area contributed by atoms with Crippen LogP contribution in [-0.2, 0) is 6.54 Å². The molecular weight excluding hydrogens is 358 g/mol. The molecule has 2 aromatic rings. The normalized spacial score (nSPS) is 15.2. The highest BCUT2D eigenvalue weighted by Crippen LogP contribution is 2.26. The van der Waals surface area contributed by atoms with Gasteiger partial charge in [0.1, 0.15) is 0 Å². The van der Waals surface area contributed by atoms with Gasteiger partial charge >= 0.3 is 0 Å². The number of amides is 1. The predicted molar refractivity (Wildman–Crippen MR) is 122 cm³/mol. The highest BCUT2D eigenvalue weighted by molar-refractivity contribution is 5.94. The first kappa shape index (κ1) is 21.4. The zero-order valence-electron chi connectivity index (χ0n) is 17.9. The third-order valence-electron chi connectivity index (χ3n) is 5.87. The SMILES string of the molecule is CCC(C)c1ccccc1NCCNCc1cccc(C(=O)N2CCCCC2)c1. The van der Waals surface area contributed by atoms with E-state index in [1.165, 1.54) is 17.7 Å². The van der Waals surface area contributed by atoms with Gasteiger partial charge in [-0.25, -0.2) is 0 Å². The Morgan fingerprint density at radius 2 is 1.83 bits per heavy atom. The monoisotopic (exact) mass is 393 g/mol. The summed E-state index contributed by atoms with van der Waals surface area (Å²) in [5.74, 6) is 0.738. The first-order chi connectivity index (χ1) is 14.2. The Morgan fingerprint density at radius 3 is 2.62 bits per heavy atom. The van der Waals surface area contributed by atoms with Crippen LogP contribution in [0.25, 0.3) is 0 Å². The summed E-state index contributed by atoms with van der Waals surface area (Å²) in [5, 5.41) is 7.06. The van der Waals surface area contributed by atoms with Gasteiger partial charge in [-0.15, -0.1) is 0 Å². The molecule has 3 rings (SSSR count). The summed E-state index contributed by atoms with van der Waals surface area (Å²) in [4.78, 5) is 14.7. The Bertz CT molecular complexity index is 783. The largest absolute Gasteiger partial charge is 0.384 e. The first-order valence-electron chi connectivity index (χ1n) is 11.1. The molecule has 156 valence electrons. The van der Waals surface area contributed by atoms with Crippen LogP contribution in [0.4, 0.5) is 5.69 Å². The second kappa shape index (κ2) is 11.0. The summed E-state index contributed by atoms with van der Waals surface area (Å²) in [6.07, 6.45) is 4.63.